The summed E-state index contributed by atoms with van der Waals surface area (Å²) in [5.74, 6) is -0.880. The zero-order valence-electron chi connectivity index (χ0n) is 7.35. The molecule has 0 spiro atoms. The van der Waals surface area contributed by atoms with Crippen LogP contribution in [0.5, 0.6) is 0 Å². The second kappa shape index (κ2) is 3.82. The van der Waals surface area contributed by atoms with Gasteiger partial charge in [0.15, 0.2) is 5.69 Å². The van der Waals surface area contributed by atoms with E-state index in [0.29, 0.717) is 5.56 Å². The highest BCUT2D eigenvalue weighted by Gasteiger charge is 2.11. The molecule has 0 saturated heterocycles. The van der Waals surface area contributed by atoms with Crippen LogP contribution in [-0.4, -0.2) is 21.0 Å². The van der Waals surface area contributed by atoms with Crippen LogP contribution in [0.2, 0.25) is 0 Å². The Morgan fingerprint density at radius 1 is 1.47 bits per heavy atom. The van der Waals surface area contributed by atoms with Crippen molar-refractivity contribution in [2.75, 3.05) is 0 Å². The average Bonchev–Trinajstić information content (AvgIpc) is 2.66. The normalized spacial score (nSPS) is 10.2. The zero-order chi connectivity index (χ0) is 10.8. The minimum atomic E-state index is -1.12. The van der Waals surface area contributed by atoms with Crippen LogP contribution in [0.1, 0.15) is 10.5 Å². The molecule has 0 radical (unpaired) electrons. The molecule has 0 bridgehead atoms. The van der Waals surface area contributed by atoms with Crippen molar-refractivity contribution in [2.24, 2.45) is 0 Å². The SMILES string of the molecule is O=C(O)c1coc(-c2cncc(Br)c2)n1. The van der Waals surface area contributed by atoms with Crippen molar-refractivity contribution in [1.29, 1.82) is 0 Å². The second-order valence-corrected chi connectivity index (χ2v) is 3.65. The number of carboxylic acid groups (broad SMARTS) is 1. The van der Waals surface area contributed by atoms with Gasteiger partial charge in [0.05, 0.1) is 5.56 Å². The van der Waals surface area contributed by atoms with Crippen LogP contribution in [0.4, 0.5) is 0 Å². The fourth-order valence-electron chi connectivity index (χ4n) is 1.03. The molecule has 0 unspecified atom stereocenters. The molecule has 0 fully saturated rings. The lowest BCUT2D eigenvalue weighted by atomic mass is 10.3. The van der Waals surface area contributed by atoms with Gasteiger partial charge >= 0.3 is 5.97 Å². The van der Waals surface area contributed by atoms with E-state index in [0.717, 1.165) is 10.7 Å². The topological polar surface area (TPSA) is 76.2 Å². The van der Waals surface area contributed by atoms with Crippen molar-refractivity contribution in [3.63, 3.8) is 0 Å². The molecule has 1 N–H and O–H groups in total. The first-order valence-corrected chi connectivity index (χ1v) is 4.76. The summed E-state index contributed by atoms with van der Waals surface area (Å²) in [4.78, 5) is 18.3. The number of carbonyl (C=O) groups is 1. The van der Waals surface area contributed by atoms with Gasteiger partial charge in [-0.15, -0.1) is 0 Å². The van der Waals surface area contributed by atoms with Crippen LogP contribution in [0.3, 0.4) is 0 Å². The molecule has 6 heteroatoms. The third-order valence-electron chi connectivity index (χ3n) is 1.68. The van der Waals surface area contributed by atoms with Gasteiger partial charge in [-0.1, -0.05) is 0 Å². The summed E-state index contributed by atoms with van der Waals surface area (Å²) in [5, 5.41) is 8.65. The number of hydrogen-bond donors (Lipinski definition) is 1. The van der Waals surface area contributed by atoms with Crippen molar-refractivity contribution in [1.82, 2.24) is 9.97 Å². The number of pyridine rings is 1. The number of oxazole rings is 1. The quantitative estimate of drug-likeness (QED) is 0.904. The number of rotatable bonds is 2. The van der Waals surface area contributed by atoms with E-state index in [9.17, 15) is 4.79 Å². The first kappa shape index (κ1) is 9.85. The van der Waals surface area contributed by atoms with E-state index in [1.165, 1.54) is 0 Å². The minimum absolute atomic E-state index is 0.120. The van der Waals surface area contributed by atoms with Crippen molar-refractivity contribution in [3.8, 4) is 11.5 Å². The van der Waals surface area contributed by atoms with Gasteiger partial charge in [-0.2, -0.15) is 0 Å². The third-order valence-corrected chi connectivity index (χ3v) is 2.11. The number of carboxylic acids is 1. The molecule has 0 aliphatic carbocycles. The lowest BCUT2D eigenvalue weighted by Gasteiger charge is -1.94. The summed E-state index contributed by atoms with van der Waals surface area (Å²) in [5.41, 5.74) is 0.502. The van der Waals surface area contributed by atoms with Gasteiger partial charge in [0.1, 0.15) is 6.26 Å². The van der Waals surface area contributed by atoms with E-state index in [4.69, 9.17) is 9.52 Å². The Morgan fingerprint density at radius 3 is 2.87 bits per heavy atom. The smallest absolute Gasteiger partial charge is 0.357 e. The summed E-state index contributed by atoms with van der Waals surface area (Å²) >= 11 is 3.25. The monoisotopic (exact) mass is 268 g/mol. The van der Waals surface area contributed by atoms with E-state index >= 15 is 0 Å². The van der Waals surface area contributed by atoms with Crippen LogP contribution in [0, 0.1) is 0 Å². The molecule has 2 aromatic heterocycles. The zero-order valence-corrected chi connectivity index (χ0v) is 8.93. The predicted octanol–water partition coefficient (Wildman–Crippen LogP) is 2.20. The molecule has 2 aromatic rings. The van der Waals surface area contributed by atoms with Crippen molar-refractivity contribution >= 4 is 21.9 Å². The van der Waals surface area contributed by atoms with Crippen LogP contribution in [0.25, 0.3) is 11.5 Å². The average molecular weight is 269 g/mol. The van der Waals surface area contributed by atoms with Gasteiger partial charge in [0.25, 0.3) is 0 Å². The molecule has 15 heavy (non-hydrogen) atoms. The van der Waals surface area contributed by atoms with Gasteiger partial charge in [-0.25, -0.2) is 9.78 Å². The summed E-state index contributed by atoms with van der Waals surface area (Å²) < 4.78 is 5.79. The largest absolute Gasteiger partial charge is 0.476 e. The van der Waals surface area contributed by atoms with E-state index in [1.54, 1.807) is 18.5 Å². The van der Waals surface area contributed by atoms with Crippen molar-refractivity contribution < 1.29 is 14.3 Å². The number of aromatic nitrogens is 2. The molecule has 0 atom stereocenters. The highest BCUT2D eigenvalue weighted by molar-refractivity contribution is 9.10. The van der Waals surface area contributed by atoms with Gasteiger partial charge < -0.3 is 9.52 Å². The standard InChI is InChI=1S/C9H5BrN2O3/c10-6-1-5(2-11-3-6)8-12-7(4-15-8)9(13)14/h1-4H,(H,13,14). The molecule has 0 saturated carbocycles. The molecule has 76 valence electrons. The highest BCUT2D eigenvalue weighted by Crippen LogP contribution is 2.20. The van der Waals surface area contributed by atoms with E-state index in [1.807, 2.05) is 0 Å². The molecule has 0 amide bonds. The molecule has 2 rings (SSSR count). The Balaban J connectivity index is 2.41. The Bertz CT molecular complexity index is 510. The minimum Gasteiger partial charge on any atom is -0.476 e. The molecule has 0 aliphatic rings. The predicted molar refractivity (Wildman–Crippen MR) is 54.4 cm³/mol. The Kier molecular flexibility index (Phi) is 2.51. The maximum absolute atomic E-state index is 10.6. The number of nitrogens with zero attached hydrogens (tertiary/aromatic N) is 2. The number of aromatic carboxylic acids is 1. The molecular formula is C9H5BrN2O3. The Labute approximate surface area is 92.9 Å². The van der Waals surface area contributed by atoms with Crippen molar-refractivity contribution in [3.05, 3.63) is 34.9 Å². The first-order valence-electron chi connectivity index (χ1n) is 3.96. The molecular weight excluding hydrogens is 264 g/mol. The number of halogens is 1. The fourth-order valence-corrected chi connectivity index (χ4v) is 1.40. The lowest BCUT2D eigenvalue weighted by Crippen LogP contribution is -1.95. The number of hydrogen-bond acceptors (Lipinski definition) is 4. The summed E-state index contributed by atoms with van der Waals surface area (Å²) in [6.45, 7) is 0. The molecule has 2 heterocycles. The maximum Gasteiger partial charge on any atom is 0.357 e. The van der Waals surface area contributed by atoms with Crippen LogP contribution < -0.4 is 0 Å². The molecule has 0 aromatic carbocycles. The molecule has 0 aliphatic heterocycles. The van der Waals surface area contributed by atoms with Crippen LogP contribution >= 0.6 is 15.9 Å². The van der Waals surface area contributed by atoms with Crippen LogP contribution in [-0.2, 0) is 0 Å². The van der Waals surface area contributed by atoms with E-state index in [2.05, 4.69) is 25.9 Å². The maximum atomic E-state index is 10.6. The van der Waals surface area contributed by atoms with Gasteiger partial charge in [-0.3, -0.25) is 4.98 Å². The van der Waals surface area contributed by atoms with E-state index < -0.39 is 5.97 Å². The second-order valence-electron chi connectivity index (χ2n) is 2.73. The van der Waals surface area contributed by atoms with Gasteiger partial charge in [0.2, 0.25) is 5.89 Å². The fraction of sp³-hybridized carbons (Fsp3) is 0. The summed E-state index contributed by atoms with van der Waals surface area (Å²) in [7, 11) is 0. The Hall–Kier alpha value is -1.69. The van der Waals surface area contributed by atoms with Crippen LogP contribution in [0.15, 0.2) is 33.6 Å². The van der Waals surface area contributed by atoms with Gasteiger partial charge in [-0.05, 0) is 22.0 Å². The Morgan fingerprint density at radius 2 is 2.27 bits per heavy atom. The summed E-state index contributed by atoms with van der Waals surface area (Å²) in [6.07, 6.45) is 4.26. The van der Waals surface area contributed by atoms with Gasteiger partial charge in [0, 0.05) is 16.9 Å². The lowest BCUT2D eigenvalue weighted by molar-refractivity contribution is 0.0690. The summed E-state index contributed by atoms with van der Waals surface area (Å²) in [6, 6.07) is 1.74. The third kappa shape index (κ3) is 2.04. The van der Waals surface area contributed by atoms with E-state index in [-0.39, 0.29) is 11.6 Å². The van der Waals surface area contributed by atoms with Crippen molar-refractivity contribution in [2.45, 2.75) is 0 Å². The first-order chi connectivity index (χ1) is 7.16. The molecule has 5 nitrogen and oxygen atoms in total. The highest BCUT2D eigenvalue weighted by atomic mass is 79.9.